The van der Waals surface area contributed by atoms with Crippen LogP contribution in [0.5, 0.6) is 0 Å². The first kappa shape index (κ1) is 26.5. The number of imide groups is 1. The lowest BCUT2D eigenvalue weighted by atomic mass is 10.1. The fourth-order valence-electron chi connectivity index (χ4n) is 4.09. The van der Waals surface area contributed by atoms with Crippen molar-refractivity contribution in [1.82, 2.24) is 4.31 Å². The Morgan fingerprint density at radius 3 is 2.38 bits per heavy atom. The van der Waals surface area contributed by atoms with Crippen LogP contribution in [0.2, 0.25) is 5.02 Å². The molecule has 1 fully saturated rings. The van der Waals surface area contributed by atoms with Gasteiger partial charge in [-0.25, -0.2) is 22.5 Å². The predicted molar refractivity (Wildman–Crippen MR) is 134 cm³/mol. The van der Waals surface area contributed by atoms with Crippen molar-refractivity contribution in [3.63, 3.8) is 0 Å². The fraction of sp³-hybridized carbons (Fsp3) is 0.192. The zero-order valence-electron chi connectivity index (χ0n) is 19.6. The van der Waals surface area contributed by atoms with Gasteiger partial charge >= 0.3 is 5.97 Å². The molecule has 8 nitrogen and oxygen atoms in total. The minimum absolute atomic E-state index is 0.126. The standard InChI is InChI=1S/C26H22ClFN2O6S/c1-36-26(33)18-5-9-21(10-6-18)30-24(31)16-23(25(30)32)29(14-13-17-3-2-4-19(27)15-17)37(34,35)22-11-7-20(28)8-12-22/h2-12,15,23H,13-14,16H2,1H3. The van der Waals surface area contributed by atoms with E-state index in [1.54, 1.807) is 24.3 Å². The molecule has 1 aliphatic rings. The van der Waals surface area contributed by atoms with E-state index in [1.807, 2.05) is 0 Å². The van der Waals surface area contributed by atoms with Gasteiger partial charge < -0.3 is 4.74 Å². The molecule has 2 amide bonds. The lowest BCUT2D eigenvalue weighted by molar-refractivity contribution is -0.122. The van der Waals surface area contributed by atoms with Crippen molar-refractivity contribution in [2.24, 2.45) is 0 Å². The van der Waals surface area contributed by atoms with Gasteiger partial charge in [0, 0.05) is 11.6 Å². The molecule has 3 aromatic carbocycles. The number of anilines is 1. The Labute approximate surface area is 218 Å². The number of hydrogen-bond donors (Lipinski definition) is 0. The molecule has 1 saturated heterocycles. The first-order valence-corrected chi connectivity index (χ1v) is 13.0. The van der Waals surface area contributed by atoms with Crippen molar-refractivity contribution in [2.45, 2.75) is 23.8 Å². The predicted octanol–water partition coefficient (Wildman–Crippen LogP) is 3.83. The highest BCUT2D eigenvalue weighted by Gasteiger charge is 2.46. The van der Waals surface area contributed by atoms with Crippen molar-refractivity contribution >= 4 is 45.1 Å². The minimum atomic E-state index is -4.29. The van der Waals surface area contributed by atoms with Crippen molar-refractivity contribution in [3.05, 3.63) is 94.8 Å². The average molecular weight is 545 g/mol. The number of methoxy groups -OCH3 is 1. The molecule has 4 rings (SSSR count). The number of carbonyl (C=O) groups excluding carboxylic acids is 3. The molecule has 1 atom stereocenters. The molecule has 0 saturated carbocycles. The third-order valence-electron chi connectivity index (χ3n) is 5.95. The highest BCUT2D eigenvalue weighted by Crippen LogP contribution is 2.30. The summed E-state index contributed by atoms with van der Waals surface area (Å²) in [6.45, 7) is -0.126. The molecular formula is C26H22ClFN2O6S. The largest absolute Gasteiger partial charge is 0.465 e. The van der Waals surface area contributed by atoms with Crippen molar-refractivity contribution in [2.75, 3.05) is 18.6 Å². The van der Waals surface area contributed by atoms with Crippen LogP contribution in [0, 0.1) is 5.82 Å². The molecular weight excluding hydrogens is 523 g/mol. The van der Waals surface area contributed by atoms with E-state index in [0.29, 0.717) is 5.02 Å². The fourth-order valence-corrected chi connectivity index (χ4v) is 5.89. The van der Waals surface area contributed by atoms with Gasteiger partial charge in [-0.2, -0.15) is 4.31 Å². The van der Waals surface area contributed by atoms with Crippen LogP contribution in [0.4, 0.5) is 10.1 Å². The molecule has 0 N–H and O–H groups in total. The molecule has 0 bridgehead atoms. The second-order valence-corrected chi connectivity index (χ2v) is 10.6. The summed E-state index contributed by atoms with van der Waals surface area (Å²) in [6.07, 6.45) is -0.166. The summed E-state index contributed by atoms with van der Waals surface area (Å²) in [6, 6.07) is 15.4. The summed E-state index contributed by atoms with van der Waals surface area (Å²) in [7, 11) is -3.06. The van der Waals surface area contributed by atoms with Crippen LogP contribution in [0.15, 0.2) is 77.7 Å². The Bertz CT molecular complexity index is 1440. The number of ether oxygens (including phenoxy) is 1. The van der Waals surface area contributed by atoms with Crippen molar-refractivity contribution in [1.29, 1.82) is 0 Å². The van der Waals surface area contributed by atoms with E-state index >= 15 is 0 Å². The van der Waals surface area contributed by atoms with Gasteiger partial charge in [-0.1, -0.05) is 23.7 Å². The molecule has 1 unspecified atom stereocenters. The number of esters is 1. The van der Waals surface area contributed by atoms with Crippen LogP contribution in [0.25, 0.3) is 0 Å². The van der Waals surface area contributed by atoms with Gasteiger partial charge in [0.2, 0.25) is 15.9 Å². The normalized spacial score (nSPS) is 15.9. The van der Waals surface area contributed by atoms with E-state index in [1.165, 1.54) is 31.4 Å². The first-order valence-electron chi connectivity index (χ1n) is 11.2. The maximum absolute atomic E-state index is 13.6. The number of amides is 2. The van der Waals surface area contributed by atoms with E-state index in [0.717, 1.165) is 39.0 Å². The van der Waals surface area contributed by atoms with Crippen molar-refractivity contribution in [3.8, 4) is 0 Å². The topological polar surface area (TPSA) is 101 Å². The Balaban J connectivity index is 1.67. The van der Waals surface area contributed by atoms with E-state index in [9.17, 15) is 27.2 Å². The van der Waals surface area contributed by atoms with Crippen LogP contribution in [0.1, 0.15) is 22.3 Å². The van der Waals surface area contributed by atoms with E-state index in [2.05, 4.69) is 4.74 Å². The zero-order valence-corrected chi connectivity index (χ0v) is 21.2. The molecule has 1 aliphatic heterocycles. The summed E-state index contributed by atoms with van der Waals surface area (Å²) in [5.74, 6) is -2.52. The third-order valence-corrected chi connectivity index (χ3v) is 8.10. The minimum Gasteiger partial charge on any atom is -0.465 e. The summed E-state index contributed by atoms with van der Waals surface area (Å²) >= 11 is 6.06. The van der Waals surface area contributed by atoms with Gasteiger partial charge in [-0.15, -0.1) is 0 Å². The van der Waals surface area contributed by atoms with Crippen LogP contribution in [0.3, 0.4) is 0 Å². The number of rotatable bonds is 8. The van der Waals surface area contributed by atoms with Gasteiger partial charge in [0.1, 0.15) is 11.9 Å². The van der Waals surface area contributed by atoms with Gasteiger partial charge in [0.25, 0.3) is 5.91 Å². The maximum Gasteiger partial charge on any atom is 0.337 e. The lowest BCUT2D eigenvalue weighted by Crippen LogP contribution is -2.46. The summed E-state index contributed by atoms with van der Waals surface area (Å²) < 4.78 is 46.3. The second-order valence-electron chi connectivity index (χ2n) is 8.28. The molecule has 0 aliphatic carbocycles. The van der Waals surface area contributed by atoms with E-state index in [4.69, 9.17) is 11.6 Å². The Hall–Kier alpha value is -3.60. The highest BCUT2D eigenvalue weighted by atomic mass is 35.5. The lowest BCUT2D eigenvalue weighted by Gasteiger charge is -2.27. The summed E-state index contributed by atoms with van der Waals surface area (Å²) in [5, 5.41) is 0.471. The third kappa shape index (κ3) is 5.56. The SMILES string of the molecule is COC(=O)c1ccc(N2C(=O)CC(N(CCc3cccc(Cl)c3)S(=O)(=O)c3ccc(F)cc3)C2=O)cc1. The van der Waals surface area contributed by atoms with Gasteiger partial charge in [-0.3, -0.25) is 9.59 Å². The van der Waals surface area contributed by atoms with Crippen molar-refractivity contribution < 1.29 is 31.9 Å². The van der Waals surface area contributed by atoms with Crippen LogP contribution < -0.4 is 4.90 Å². The number of benzene rings is 3. The number of nitrogens with zero attached hydrogens (tertiary/aromatic N) is 2. The maximum atomic E-state index is 13.6. The van der Waals surface area contributed by atoms with Crippen LogP contribution in [-0.4, -0.2) is 50.2 Å². The average Bonchev–Trinajstić information content (AvgIpc) is 3.17. The van der Waals surface area contributed by atoms with Crippen LogP contribution >= 0.6 is 11.6 Å². The Kier molecular flexibility index (Phi) is 7.72. The van der Waals surface area contributed by atoms with E-state index in [-0.39, 0.29) is 35.5 Å². The number of sulfonamides is 1. The number of halogens is 2. The van der Waals surface area contributed by atoms with Gasteiger partial charge in [0.05, 0.1) is 29.7 Å². The molecule has 0 radical (unpaired) electrons. The molecule has 37 heavy (non-hydrogen) atoms. The first-order chi connectivity index (χ1) is 17.6. The smallest absolute Gasteiger partial charge is 0.337 e. The van der Waals surface area contributed by atoms with Gasteiger partial charge in [0.15, 0.2) is 0 Å². The molecule has 0 aromatic heterocycles. The molecule has 0 spiro atoms. The quantitative estimate of drug-likeness (QED) is 0.315. The summed E-state index contributed by atoms with van der Waals surface area (Å²) in [5.41, 5.74) is 1.15. The zero-order chi connectivity index (χ0) is 26.7. The summed E-state index contributed by atoms with van der Waals surface area (Å²) in [4.78, 5) is 38.8. The molecule has 1 heterocycles. The van der Waals surface area contributed by atoms with Crippen LogP contribution in [-0.2, 0) is 30.8 Å². The monoisotopic (exact) mass is 544 g/mol. The highest BCUT2D eigenvalue weighted by molar-refractivity contribution is 7.89. The number of hydrogen-bond acceptors (Lipinski definition) is 6. The Morgan fingerprint density at radius 2 is 1.76 bits per heavy atom. The number of carbonyl (C=O) groups is 3. The Morgan fingerprint density at radius 1 is 1.08 bits per heavy atom. The molecule has 192 valence electrons. The van der Waals surface area contributed by atoms with E-state index < -0.39 is 39.7 Å². The van der Waals surface area contributed by atoms with Gasteiger partial charge in [-0.05, 0) is 72.6 Å². The second kappa shape index (κ2) is 10.8. The molecule has 3 aromatic rings. The molecule has 11 heteroatoms.